The molecule has 1 atom stereocenters. The third-order valence-corrected chi connectivity index (χ3v) is 4.81. The van der Waals surface area contributed by atoms with Gasteiger partial charge in [-0.3, -0.25) is 0 Å². The van der Waals surface area contributed by atoms with Gasteiger partial charge >= 0.3 is 0 Å². The fraction of sp³-hybridized carbons (Fsp3) is 0.538. The van der Waals surface area contributed by atoms with E-state index in [1.807, 2.05) is 0 Å². The highest BCUT2D eigenvalue weighted by Crippen LogP contribution is 2.23. The molecule has 0 heterocycles. The highest BCUT2D eigenvalue weighted by atomic mass is 32.2. The summed E-state index contributed by atoms with van der Waals surface area (Å²) >= 11 is 0. The second kappa shape index (κ2) is 6.86. The lowest BCUT2D eigenvalue weighted by Crippen LogP contribution is -2.15. The maximum absolute atomic E-state index is 13.7. The summed E-state index contributed by atoms with van der Waals surface area (Å²) in [7, 11) is -1.53. The molecule has 0 saturated heterocycles. The Morgan fingerprint density at radius 1 is 1.42 bits per heavy atom. The molecule has 0 amide bonds. The Kier molecular flexibility index (Phi) is 5.75. The van der Waals surface area contributed by atoms with Crippen LogP contribution in [0.25, 0.3) is 0 Å². The van der Waals surface area contributed by atoms with Crippen molar-refractivity contribution in [2.75, 3.05) is 18.6 Å². The number of ether oxygens (including phenoxy) is 1. The molecule has 0 fully saturated rings. The van der Waals surface area contributed by atoms with Crippen molar-refractivity contribution in [3.63, 3.8) is 0 Å². The highest BCUT2D eigenvalue weighted by molar-refractivity contribution is 7.91. The molecule has 0 saturated carbocycles. The van der Waals surface area contributed by atoms with Crippen molar-refractivity contribution < 1.29 is 17.5 Å². The molecule has 1 aromatic rings. The minimum absolute atomic E-state index is 0.0922. The molecule has 0 bridgehead atoms. The van der Waals surface area contributed by atoms with Crippen LogP contribution in [0.2, 0.25) is 0 Å². The van der Waals surface area contributed by atoms with Crippen LogP contribution in [-0.2, 0) is 9.84 Å². The first kappa shape index (κ1) is 15.9. The van der Waals surface area contributed by atoms with Crippen molar-refractivity contribution in [3.05, 3.63) is 29.6 Å². The van der Waals surface area contributed by atoms with E-state index in [1.165, 1.54) is 13.2 Å². The van der Waals surface area contributed by atoms with Crippen molar-refractivity contribution >= 4 is 9.84 Å². The molecule has 0 spiro atoms. The van der Waals surface area contributed by atoms with Crippen molar-refractivity contribution in [1.82, 2.24) is 0 Å². The highest BCUT2D eigenvalue weighted by Gasteiger charge is 2.14. The predicted molar refractivity (Wildman–Crippen MR) is 73.4 cm³/mol. The summed E-state index contributed by atoms with van der Waals surface area (Å²) < 4.78 is 41.3. The van der Waals surface area contributed by atoms with Gasteiger partial charge in [0.2, 0.25) is 0 Å². The van der Waals surface area contributed by atoms with E-state index >= 15 is 0 Å². The zero-order valence-corrected chi connectivity index (χ0v) is 12.0. The van der Waals surface area contributed by atoms with Crippen molar-refractivity contribution in [3.8, 4) is 5.75 Å². The van der Waals surface area contributed by atoms with E-state index in [1.54, 1.807) is 19.1 Å². The number of sulfone groups is 1. The molecule has 1 unspecified atom stereocenters. The van der Waals surface area contributed by atoms with Gasteiger partial charge in [-0.15, -0.1) is 0 Å². The maximum atomic E-state index is 13.7. The molecule has 19 heavy (non-hydrogen) atoms. The average Bonchev–Trinajstić information content (AvgIpc) is 2.38. The molecule has 0 aliphatic carbocycles. The molecule has 108 valence electrons. The van der Waals surface area contributed by atoms with Crippen molar-refractivity contribution in [2.24, 2.45) is 5.73 Å². The second-order valence-electron chi connectivity index (χ2n) is 4.37. The number of halogens is 1. The van der Waals surface area contributed by atoms with Gasteiger partial charge in [-0.25, -0.2) is 12.8 Å². The third-order valence-electron chi connectivity index (χ3n) is 3.02. The number of methoxy groups -OCH3 is 1. The predicted octanol–water partition coefficient (Wildman–Crippen LogP) is 2.05. The summed E-state index contributed by atoms with van der Waals surface area (Å²) in [4.78, 5) is 0. The number of hydrogen-bond donors (Lipinski definition) is 1. The van der Waals surface area contributed by atoms with E-state index in [-0.39, 0.29) is 11.5 Å². The standard InChI is InChI=1S/C13H20FNO3S/c1-3-19(16,17)8-4-5-13(15)11-7-6-10(18-2)9-12(11)14/h6-7,9,13H,3-5,8,15H2,1-2H3. The summed E-state index contributed by atoms with van der Waals surface area (Å²) in [5.74, 6) is 0.223. The number of hydrogen-bond acceptors (Lipinski definition) is 4. The Morgan fingerprint density at radius 2 is 2.11 bits per heavy atom. The van der Waals surface area contributed by atoms with E-state index in [4.69, 9.17) is 10.5 Å². The van der Waals surface area contributed by atoms with Crippen LogP contribution in [0.1, 0.15) is 31.4 Å². The van der Waals surface area contributed by atoms with Gasteiger partial charge in [0.05, 0.1) is 12.9 Å². The molecule has 0 aliphatic heterocycles. The summed E-state index contributed by atoms with van der Waals surface area (Å²) in [5.41, 5.74) is 6.27. The quantitative estimate of drug-likeness (QED) is 0.834. The van der Waals surface area contributed by atoms with Crippen LogP contribution in [0.3, 0.4) is 0 Å². The normalized spacial score (nSPS) is 13.3. The van der Waals surface area contributed by atoms with Crippen LogP contribution in [0, 0.1) is 5.82 Å². The number of benzene rings is 1. The van der Waals surface area contributed by atoms with Crippen LogP contribution in [-0.4, -0.2) is 27.0 Å². The lowest BCUT2D eigenvalue weighted by atomic mass is 10.0. The Balaban J connectivity index is 2.61. The maximum Gasteiger partial charge on any atom is 0.150 e. The smallest absolute Gasteiger partial charge is 0.150 e. The fourth-order valence-electron chi connectivity index (χ4n) is 1.76. The third kappa shape index (κ3) is 4.80. The Bertz CT molecular complexity index is 517. The molecular formula is C13H20FNO3S. The van der Waals surface area contributed by atoms with Crippen molar-refractivity contribution in [2.45, 2.75) is 25.8 Å². The lowest BCUT2D eigenvalue weighted by molar-refractivity contribution is 0.410. The largest absolute Gasteiger partial charge is 0.497 e. The molecule has 1 aromatic carbocycles. The minimum atomic E-state index is -2.99. The van der Waals surface area contributed by atoms with Crippen LogP contribution in [0.5, 0.6) is 5.75 Å². The van der Waals surface area contributed by atoms with E-state index < -0.39 is 21.7 Å². The molecule has 2 N–H and O–H groups in total. The van der Waals surface area contributed by atoms with Gasteiger partial charge in [0, 0.05) is 23.4 Å². The van der Waals surface area contributed by atoms with Crippen LogP contribution in [0.4, 0.5) is 4.39 Å². The lowest BCUT2D eigenvalue weighted by Gasteiger charge is -2.13. The summed E-state index contributed by atoms with van der Waals surface area (Å²) in [6.45, 7) is 1.61. The Labute approximate surface area is 113 Å². The van der Waals surface area contributed by atoms with E-state index in [2.05, 4.69) is 0 Å². The van der Waals surface area contributed by atoms with E-state index in [9.17, 15) is 12.8 Å². The summed E-state index contributed by atoms with van der Waals surface area (Å²) in [6.07, 6.45) is 0.866. The van der Waals surface area contributed by atoms with Gasteiger partial charge in [-0.2, -0.15) is 0 Å². The molecule has 0 radical (unpaired) electrons. The number of nitrogens with two attached hydrogens (primary N) is 1. The first-order chi connectivity index (χ1) is 8.89. The average molecular weight is 289 g/mol. The zero-order chi connectivity index (χ0) is 14.5. The topological polar surface area (TPSA) is 69.4 Å². The number of rotatable bonds is 7. The Morgan fingerprint density at radius 3 is 2.63 bits per heavy atom. The zero-order valence-electron chi connectivity index (χ0n) is 11.2. The first-order valence-electron chi connectivity index (χ1n) is 6.19. The van der Waals surface area contributed by atoms with Gasteiger partial charge in [0.1, 0.15) is 21.4 Å². The SMILES string of the molecule is CCS(=O)(=O)CCCC(N)c1ccc(OC)cc1F. The fourth-order valence-corrected chi connectivity index (χ4v) is 2.65. The van der Waals surface area contributed by atoms with Gasteiger partial charge in [-0.05, 0) is 18.9 Å². The molecule has 0 aliphatic rings. The first-order valence-corrected chi connectivity index (χ1v) is 8.01. The van der Waals surface area contributed by atoms with Crippen LogP contribution >= 0.6 is 0 Å². The van der Waals surface area contributed by atoms with E-state index in [0.29, 0.717) is 24.2 Å². The minimum Gasteiger partial charge on any atom is -0.497 e. The van der Waals surface area contributed by atoms with Crippen LogP contribution in [0.15, 0.2) is 18.2 Å². The summed E-state index contributed by atoms with van der Waals surface area (Å²) in [6, 6.07) is 3.99. The van der Waals surface area contributed by atoms with Gasteiger partial charge in [-0.1, -0.05) is 13.0 Å². The summed E-state index contributed by atoms with van der Waals surface area (Å²) in [5, 5.41) is 0. The molecular weight excluding hydrogens is 269 g/mol. The Hall–Kier alpha value is -1.14. The van der Waals surface area contributed by atoms with Crippen molar-refractivity contribution in [1.29, 1.82) is 0 Å². The molecule has 1 rings (SSSR count). The molecule has 4 nitrogen and oxygen atoms in total. The molecule has 0 aromatic heterocycles. The van der Waals surface area contributed by atoms with Crippen LogP contribution < -0.4 is 10.5 Å². The second-order valence-corrected chi connectivity index (χ2v) is 6.85. The van der Waals surface area contributed by atoms with Gasteiger partial charge in [0.25, 0.3) is 0 Å². The van der Waals surface area contributed by atoms with Gasteiger partial charge < -0.3 is 10.5 Å². The van der Waals surface area contributed by atoms with E-state index in [0.717, 1.165) is 0 Å². The monoisotopic (exact) mass is 289 g/mol. The van der Waals surface area contributed by atoms with Gasteiger partial charge in [0.15, 0.2) is 0 Å². The molecule has 6 heteroatoms.